The molecule has 1 N–H and O–H groups in total. The van der Waals surface area contributed by atoms with Crippen molar-refractivity contribution in [2.24, 2.45) is 5.10 Å². The number of anilines is 1. The summed E-state index contributed by atoms with van der Waals surface area (Å²) >= 11 is 1.41. The lowest BCUT2D eigenvalue weighted by Crippen LogP contribution is -2.40. The van der Waals surface area contributed by atoms with E-state index in [-0.39, 0.29) is 4.90 Å². The van der Waals surface area contributed by atoms with E-state index in [9.17, 15) is 8.42 Å². The number of ether oxygens (including phenoxy) is 1. The fourth-order valence-corrected chi connectivity index (χ4v) is 5.46. The summed E-state index contributed by atoms with van der Waals surface area (Å²) in [5, 5.41) is 6.79. The summed E-state index contributed by atoms with van der Waals surface area (Å²) in [5.74, 6) is 0.496. The zero-order valence-corrected chi connectivity index (χ0v) is 19.7. The fourth-order valence-electron chi connectivity index (χ4n) is 3.34. The van der Waals surface area contributed by atoms with Crippen LogP contribution in [-0.4, -0.2) is 50.2 Å². The van der Waals surface area contributed by atoms with Gasteiger partial charge in [0.15, 0.2) is 0 Å². The Morgan fingerprint density at radius 1 is 1.16 bits per heavy atom. The Labute approximate surface area is 192 Å². The summed E-state index contributed by atoms with van der Waals surface area (Å²) in [6, 6.07) is 15.2. The second-order valence-corrected chi connectivity index (χ2v) is 10.6. The number of rotatable bonds is 7. The zero-order valence-electron chi connectivity index (χ0n) is 18.1. The Morgan fingerprint density at radius 3 is 2.62 bits per heavy atom. The van der Waals surface area contributed by atoms with E-state index in [2.05, 4.69) is 41.5 Å². The van der Waals surface area contributed by atoms with Crippen LogP contribution in [0.25, 0.3) is 11.3 Å². The van der Waals surface area contributed by atoms with Gasteiger partial charge in [-0.3, -0.25) is 5.43 Å². The summed E-state index contributed by atoms with van der Waals surface area (Å²) in [6.45, 7) is 5.91. The molecule has 168 valence electrons. The van der Waals surface area contributed by atoms with Crippen LogP contribution in [0.15, 0.2) is 63.9 Å². The summed E-state index contributed by atoms with van der Waals surface area (Å²) in [5.41, 5.74) is 6.69. The molecular weight excluding hydrogens is 444 g/mol. The van der Waals surface area contributed by atoms with Crippen LogP contribution in [0, 0.1) is 0 Å². The molecule has 1 aliphatic heterocycles. The van der Waals surface area contributed by atoms with E-state index in [1.165, 1.54) is 21.2 Å². The number of morpholine rings is 1. The second-order valence-electron chi connectivity index (χ2n) is 7.77. The highest BCUT2D eigenvalue weighted by Crippen LogP contribution is 2.28. The van der Waals surface area contributed by atoms with E-state index in [1.54, 1.807) is 24.4 Å². The van der Waals surface area contributed by atoms with Gasteiger partial charge in [0.1, 0.15) is 0 Å². The molecule has 0 saturated carbocycles. The van der Waals surface area contributed by atoms with Gasteiger partial charge in [0.05, 0.1) is 30.0 Å². The lowest BCUT2D eigenvalue weighted by atomic mass is 10.0. The van der Waals surface area contributed by atoms with Crippen LogP contribution in [0.2, 0.25) is 0 Å². The van der Waals surface area contributed by atoms with E-state index >= 15 is 0 Å². The van der Waals surface area contributed by atoms with Crippen molar-refractivity contribution in [2.75, 3.05) is 31.7 Å². The number of hydrogen-bond acceptors (Lipinski definition) is 7. The van der Waals surface area contributed by atoms with Crippen molar-refractivity contribution in [1.82, 2.24) is 9.29 Å². The van der Waals surface area contributed by atoms with Crippen molar-refractivity contribution in [2.45, 2.75) is 24.7 Å². The number of thiazole rings is 1. The molecule has 0 amide bonds. The van der Waals surface area contributed by atoms with Gasteiger partial charge in [-0.15, -0.1) is 11.3 Å². The summed E-state index contributed by atoms with van der Waals surface area (Å²) in [7, 11) is -3.55. The molecule has 7 nitrogen and oxygen atoms in total. The van der Waals surface area contributed by atoms with Crippen molar-refractivity contribution in [3.63, 3.8) is 0 Å². The third kappa shape index (κ3) is 5.24. The average molecular weight is 471 g/mol. The van der Waals surface area contributed by atoms with E-state index in [0.717, 1.165) is 11.1 Å². The van der Waals surface area contributed by atoms with Gasteiger partial charge in [-0.1, -0.05) is 50.2 Å². The molecule has 1 saturated heterocycles. The predicted octanol–water partition coefficient (Wildman–Crippen LogP) is 4.40. The summed E-state index contributed by atoms with van der Waals surface area (Å²) in [4.78, 5) is 4.82. The Bertz CT molecular complexity index is 1180. The number of hydrazone groups is 1. The average Bonchev–Trinajstić information content (AvgIpc) is 3.29. The van der Waals surface area contributed by atoms with Crippen LogP contribution < -0.4 is 5.43 Å². The molecule has 0 spiro atoms. The molecule has 3 aromatic rings. The monoisotopic (exact) mass is 470 g/mol. The number of sulfonamides is 1. The number of nitrogens with one attached hydrogen (secondary N) is 1. The van der Waals surface area contributed by atoms with Gasteiger partial charge in [0, 0.05) is 24.0 Å². The maximum absolute atomic E-state index is 12.9. The molecule has 0 bridgehead atoms. The number of aromatic nitrogens is 1. The first-order chi connectivity index (χ1) is 15.4. The van der Waals surface area contributed by atoms with Crippen molar-refractivity contribution < 1.29 is 13.2 Å². The molecule has 0 aliphatic carbocycles. The Morgan fingerprint density at radius 2 is 1.91 bits per heavy atom. The number of nitrogens with zero attached hydrogens (tertiary/aromatic N) is 3. The molecule has 2 aromatic carbocycles. The van der Waals surface area contributed by atoms with E-state index in [4.69, 9.17) is 4.74 Å². The third-order valence-corrected chi connectivity index (χ3v) is 7.86. The minimum atomic E-state index is -3.55. The van der Waals surface area contributed by atoms with Gasteiger partial charge in [0.25, 0.3) is 0 Å². The summed E-state index contributed by atoms with van der Waals surface area (Å²) < 4.78 is 32.6. The second kappa shape index (κ2) is 9.91. The fraction of sp³-hybridized carbons (Fsp3) is 0.304. The molecule has 1 aliphatic rings. The van der Waals surface area contributed by atoms with Crippen molar-refractivity contribution in [3.05, 3.63) is 65.0 Å². The molecule has 1 aromatic heterocycles. The molecular formula is C23H26N4O3S2. The Hall–Kier alpha value is -2.59. The molecule has 9 heteroatoms. The molecule has 1 fully saturated rings. The minimum Gasteiger partial charge on any atom is -0.379 e. The molecule has 32 heavy (non-hydrogen) atoms. The summed E-state index contributed by atoms with van der Waals surface area (Å²) in [6.07, 6.45) is 1.75. The standard InChI is InChI=1S/C23H26N4O3S2/c1-17(2)19-8-6-18(7-9-19)15-24-26-23-25-22(16-31-23)20-4-3-5-21(14-20)32(28,29)27-10-12-30-13-11-27/h3-9,14-17H,10-13H2,1-2H3,(H,25,26)/b24-15+. The Balaban J connectivity index is 1.45. The Kier molecular flexibility index (Phi) is 7.00. The first kappa shape index (κ1) is 22.6. The third-order valence-electron chi connectivity index (χ3n) is 5.22. The maximum Gasteiger partial charge on any atom is 0.243 e. The van der Waals surface area contributed by atoms with Gasteiger partial charge >= 0.3 is 0 Å². The number of benzene rings is 2. The topological polar surface area (TPSA) is 83.9 Å². The van der Waals surface area contributed by atoms with Crippen LogP contribution in [0.3, 0.4) is 0 Å². The van der Waals surface area contributed by atoms with Gasteiger partial charge in [-0.05, 0) is 29.2 Å². The number of hydrogen-bond donors (Lipinski definition) is 1. The van der Waals surface area contributed by atoms with Crippen LogP contribution in [0.5, 0.6) is 0 Å². The quantitative estimate of drug-likeness (QED) is 0.409. The van der Waals surface area contributed by atoms with Gasteiger partial charge in [-0.2, -0.15) is 9.41 Å². The van der Waals surface area contributed by atoms with E-state index in [0.29, 0.717) is 43.0 Å². The van der Waals surface area contributed by atoms with Gasteiger partial charge < -0.3 is 4.74 Å². The van der Waals surface area contributed by atoms with Crippen LogP contribution >= 0.6 is 11.3 Å². The highest BCUT2D eigenvalue weighted by atomic mass is 32.2. The van der Waals surface area contributed by atoms with E-state index < -0.39 is 10.0 Å². The highest BCUT2D eigenvalue weighted by Gasteiger charge is 2.26. The van der Waals surface area contributed by atoms with Crippen LogP contribution in [0.1, 0.15) is 30.9 Å². The minimum absolute atomic E-state index is 0.266. The van der Waals surface area contributed by atoms with Crippen LogP contribution in [-0.2, 0) is 14.8 Å². The zero-order chi connectivity index (χ0) is 22.6. The molecule has 0 atom stereocenters. The maximum atomic E-state index is 12.9. The molecule has 0 radical (unpaired) electrons. The van der Waals surface area contributed by atoms with Crippen LogP contribution in [0.4, 0.5) is 5.13 Å². The smallest absolute Gasteiger partial charge is 0.243 e. The molecule has 2 heterocycles. The largest absolute Gasteiger partial charge is 0.379 e. The highest BCUT2D eigenvalue weighted by molar-refractivity contribution is 7.89. The van der Waals surface area contributed by atoms with Gasteiger partial charge in [0.2, 0.25) is 15.2 Å². The SMILES string of the molecule is CC(C)c1ccc(/C=N/Nc2nc(-c3cccc(S(=O)(=O)N4CCOCC4)c3)cs2)cc1. The molecule has 4 rings (SSSR count). The lowest BCUT2D eigenvalue weighted by Gasteiger charge is -2.26. The van der Waals surface area contributed by atoms with Crippen molar-refractivity contribution in [1.29, 1.82) is 0 Å². The van der Waals surface area contributed by atoms with Gasteiger partial charge in [-0.25, -0.2) is 13.4 Å². The first-order valence-corrected chi connectivity index (χ1v) is 12.8. The van der Waals surface area contributed by atoms with Crippen molar-refractivity contribution in [3.8, 4) is 11.3 Å². The van der Waals surface area contributed by atoms with Crippen molar-refractivity contribution >= 4 is 32.7 Å². The van der Waals surface area contributed by atoms with E-state index in [1.807, 2.05) is 23.6 Å². The molecule has 0 unspecified atom stereocenters. The first-order valence-electron chi connectivity index (χ1n) is 10.5. The lowest BCUT2D eigenvalue weighted by molar-refractivity contribution is 0.0730. The normalized spacial score (nSPS) is 15.5. The predicted molar refractivity (Wildman–Crippen MR) is 129 cm³/mol.